The Labute approximate surface area is 349 Å². The molecule has 60 heavy (non-hydrogen) atoms. The Balaban J connectivity index is -0.000000153. The van der Waals surface area contributed by atoms with E-state index in [4.69, 9.17) is 0 Å². The summed E-state index contributed by atoms with van der Waals surface area (Å²) in [5.41, 5.74) is 0. The molecule has 0 aromatic carbocycles. The summed E-state index contributed by atoms with van der Waals surface area (Å²) >= 11 is 0. The summed E-state index contributed by atoms with van der Waals surface area (Å²) in [6, 6.07) is 0. The molecule has 0 aromatic rings. The molecule has 0 aliphatic heterocycles. The third kappa shape index (κ3) is 35.2. The zero-order chi connectivity index (χ0) is 49.1. The van der Waals surface area contributed by atoms with Crippen molar-refractivity contribution in [3.05, 3.63) is 47.3 Å². The molecule has 0 saturated carbocycles. The second-order valence-corrected chi connectivity index (χ2v) is 9.09. The summed E-state index contributed by atoms with van der Waals surface area (Å²) in [5.74, 6) is -22.6. The van der Waals surface area contributed by atoms with Gasteiger partial charge in [-0.3, -0.25) is 19.2 Å². The molecule has 0 rings (SSSR count). The number of allylic oxidation sites excluding steroid dienone is 8. The zero-order valence-electron chi connectivity index (χ0n) is 28.6. The smallest absolute Gasteiger partial charge is 0.869 e. The van der Waals surface area contributed by atoms with E-state index in [1.54, 1.807) is 0 Å². The molecule has 0 spiro atoms. The molecule has 0 aromatic heterocycles. The minimum absolute atomic E-state index is 0. The number of nitrogens with zero attached hydrogens (tertiary/aromatic N) is 1. The summed E-state index contributed by atoms with van der Waals surface area (Å²) < 4.78 is 271. The van der Waals surface area contributed by atoms with Crippen LogP contribution in [0, 0.1) is 40.4 Å². The topological polar surface area (TPSA) is 164 Å². The third-order valence-corrected chi connectivity index (χ3v) is 4.63. The van der Waals surface area contributed by atoms with Crippen LogP contribution in [-0.4, -0.2) is 97.1 Å². The summed E-state index contributed by atoms with van der Waals surface area (Å²) in [6.07, 6.45) is -47.8. The molecule has 0 saturated heterocycles. The normalized spacial score (nSPS) is 13.7. The van der Waals surface area contributed by atoms with Crippen molar-refractivity contribution in [3.8, 4) is 0 Å². The number of hydrogen-bond donors (Lipinski definition) is 0. The minimum atomic E-state index is -5.46. The first-order valence-electron chi connectivity index (χ1n) is 13.5. The average molecular weight is 1080 g/mol. The first-order chi connectivity index (χ1) is 25.5. The second kappa shape index (κ2) is 26.7. The Morgan fingerprint density at radius 3 is 0.500 bits per heavy atom. The minimum Gasteiger partial charge on any atom is -0.869 e. The molecule has 0 bridgehead atoms. The van der Waals surface area contributed by atoms with Gasteiger partial charge in [0.15, 0.2) is 0 Å². The van der Waals surface area contributed by atoms with Crippen LogP contribution in [0.25, 0.3) is 0 Å². The van der Waals surface area contributed by atoms with Crippen LogP contribution in [0.4, 0.5) is 105 Å². The van der Waals surface area contributed by atoms with Gasteiger partial charge in [-0.25, -0.2) is 0 Å². The maximum Gasteiger partial charge on any atom is 3.00 e. The molecule has 9 nitrogen and oxygen atoms in total. The van der Waals surface area contributed by atoms with Gasteiger partial charge < -0.3 is 25.3 Å². The van der Waals surface area contributed by atoms with Crippen molar-refractivity contribution < 1.29 is 185 Å². The molecule has 0 heterocycles. The van der Waals surface area contributed by atoms with Crippen LogP contribution >= 0.6 is 0 Å². The van der Waals surface area contributed by atoms with Gasteiger partial charge in [-0.1, -0.05) is 20.8 Å². The van der Waals surface area contributed by atoms with Crippen LogP contribution < -0.4 is 20.4 Å². The van der Waals surface area contributed by atoms with E-state index in [0.717, 1.165) is 0 Å². The number of halogens is 24. The first kappa shape index (κ1) is 68.2. The van der Waals surface area contributed by atoms with E-state index >= 15 is 0 Å². The zero-order valence-corrected chi connectivity index (χ0v) is 31.2. The standard InChI is InChI=1S/C6H15N.4C5H2F6O2.Sm/c1-4-7(5-2)6-3;4*6-4(7,8)2(12)1-3(13)5(9,10)11;/h4-6H2,1-3H3;4*1,12H;/q;;;;;+3/p-4/b;4*2-1-;. The van der Waals surface area contributed by atoms with Crippen LogP contribution in [0.5, 0.6) is 0 Å². The number of hydrogen-bond acceptors (Lipinski definition) is 9. The first-order valence-corrected chi connectivity index (χ1v) is 13.5. The van der Waals surface area contributed by atoms with E-state index in [1.807, 2.05) is 0 Å². The van der Waals surface area contributed by atoms with E-state index in [2.05, 4.69) is 25.7 Å². The van der Waals surface area contributed by atoms with Gasteiger partial charge in [0.05, 0.1) is 0 Å². The fraction of sp³-hybridized carbons (Fsp3) is 0.538. The van der Waals surface area contributed by atoms with Crippen molar-refractivity contribution in [2.75, 3.05) is 19.6 Å². The number of carbonyl (C=O) groups excluding carboxylic acids is 4. The predicted molar refractivity (Wildman–Crippen MR) is 134 cm³/mol. The van der Waals surface area contributed by atoms with Crippen molar-refractivity contribution in [2.45, 2.75) is 70.2 Å². The Hall–Kier alpha value is -3.54. The van der Waals surface area contributed by atoms with Crippen molar-refractivity contribution in [3.63, 3.8) is 0 Å². The fourth-order valence-corrected chi connectivity index (χ4v) is 1.80. The van der Waals surface area contributed by atoms with Gasteiger partial charge in [-0.05, 0) is 67.0 Å². The molecular formula is C26H19F24NO8Sm-. The largest absolute Gasteiger partial charge is 3.00 e. The molecular weight excluding hydrogens is 1060 g/mol. The Morgan fingerprint density at radius 1 is 0.333 bits per heavy atom. The molecule has 0 fully saturated rings. The van der Waals surface area contributed by atoms with Crippen LogP contribution in [0.1, 0.15) is 20.8 Å². The van der Waals surface area contributed by atoms with Crippen molar-refractivity contribution in [2.24, 2.45) is 0 Å². The number of alkyl halides is 24. The molecule has 0 amide bonds. The number of carbonyl (C=O) groups is 4. The maximum absolute atomic E-state index is 11.3. The summed E-state index contributed by atoms with van der Waals surface area (Å²) in [5, 5.41) is 39.3. The molecule has 34 heteroatoms. The van der Waals surface area contributed by atoms with Crippen LogP contribution in [0.3, 0.4) is 0 Å². The van der Waals surface area contributed by atoms with Gasteiger partial charge in [-0.2, -0.15) is 105 Å². The van der Waals surface area contributed by atoms with Crippen LogP contribution in [0.2, 0.25) is 0 Å². The second-order valence-electron chi connectivity index (χ2n) is 9.09. The molecule has 0 aliphatic carbocycles. The van der Waals surface area contributed by atoms with Crippen molar-refractivity contribution in [1.29, 1.82) is 0 Å². The number of rotatable bonds is 7. The van der Waals surface area contributed by atoms with Gasteiger partial charge >= 0.3 is 89.8 Å². The van der Waals surface area contributed by atoms with Gasteiger partial charge in [0.2, 0.25) is 0 Å². The van der Waals surface area contributed by atoms with Crippen molar-refractivity contribution >= 4 is 23.1 Å². The number of ketones is 4. The monoisotopic (exact) mass is 1080 g/mol. The van der Waals surface area contributed by atoms with E-state index < -0.39 is 120 Å². The van der Waals surface area contributed by atoms with E-state index in [9.17, 15) is 145 Å². The Kier molecular flexibility index (Phi) is 30.4. The quantitative estimate of drug-likeness (QED) is 0.193. The van der Waals surface area contributed by atoms with Gasteiger partial charge in [0.25, 0.3) is 23.1 Å². The van der Waals surface area contributed by atoms with Gasteiger partial charge in [-0.15, -0.1) is 0 Å². The average Bonchev–Trinajstić information content (AvgIpc) is 2.99. The van der Waals surface area contributed by atoms with E-state index in [0.29, 0.717) is 0 Å². The molecule has 0 aliphatic rings. The molecule has 0 atom stereocenters. The third-order valence-electron chi connectivity index (χ3n) is 4.63. The van der Waals surface area contributed by atoms with Crippen LogP contribution in [0.15, 0.2) is 47.3 Å². The fourth-order valence-electron chi connectivity index (χ4n) is 1.80. The van der Waals surface area contributed by atoms with E-state index in [-0.39, 0.29) is 40.4 Å². The molecule has 0 unspecified atom stereocenters. The maximum atomic E-state index is 11.3. The molecule has 351 valence electrons. The Bertz CT molecular complexity index is 1260. The molecule has 1 radical (unpaired) electrons. The Morgan fingerprint density at radius 2 is 0.450 bits per heavy atom. The van der Waals surface area contributed by atoms with Crippen molar-refractivity contribution in [1.82, 2.24) is 4.90 Å². The SMILES string of the molecule is CCN(CC)CC.O=C(/C=C(\[O-])C(F)(F)F)C(F)(F)F.O=C(/C=C(\[O-])C(F)(F)F)C(F)(F)F.O=C(/C=C(\[O-])C(F)(F)F)C(F)(F)F.O=C(/C=C(\[O-])C(F)(F)F)C(F)(F)F.[Sm+3]. The van der Waals surface area contributed by atoms with Gasteiger partial charge in [0, 0.05) is 0 Å². The van der Waals surface area contributed by atoms with Gasteiger partial charge in [0.1, 0.15) is 0 Å². The predicted octanol–water partition coefficient (Wildman–Crippen LogP) is 5.05. The van der Waals surface area contributed by atoms with E-state index in [1.165, 1.54) is 19.6 Å². The summed E-state index contributed by atoms with van der Waals surface area (Å²) in [4.78, 5) is 41.7. The molecule has 0 N–H and O–H groups in total. The summed E-state index contributed by atoms with van der Waals surface area (Å²) in [6.45, 7) is 10.1. The summed E-state index contributed by atoms with van der Waals surface area (Å²) in [7, 11) is 0. The van der Waals surface area contributed by atoms with Crippen LogP contribution in [-0.2, 0) is 19.2 Å².